The number of nitrogens with zero attached hydrogens (tertiary/aromatic N) is 3. The maximum absolute atomic E-state index is 11.3. The van der Waals surface area contributed by atoms with Crippen molar-refractivity contribution in [3.8, 4) is 0 Å². The minimum Gasteiger partial charge on any atom is -0.270 e. The van der Waals surface area contributed by atoms with Gasteiger partial charge in [0.05, 0.1) is 11.1 Å². The van der Waals surface area contributed by atoms with Gasteiger partial charge in [0.2, 0.25) is 5.82 Å². The molecular formula is C10H8N6O4. The maximum Gasteiger partial charge on any atom is 0.342 e. The summed E-state index contributed by atoms with van der Waals surface area (Å²) in [6.07, 6.45) is 1.34. The lowest BCUT2D eigenvalue weighted by atomic mass is 10.2. The molecule has 3 N–H and O–H groups in total. The van der Waals surface area contributed by atoms with Crippen molar-refractivity contribution < 1.29 is 4.92 Å². The fourth-order valence-corrected chi connectivity index (χ4v) is 1.27. The van der Waals surface area contributed by atoms with Gasteiger partial charge in [0.25, 0.3) is 11.2 Å². The van der Waals surface area contributed by atoms with Crippen molar-refractivity contribution in [3.05, 3.63) is 60.8 Å². The third-order valence-corrected chi connectivity index (χ3v) is 2.20. The van der Waals surface area contributed by atoms with Crippen LogP contribution in [0.15, 0.2) is 39.0 Å². The lowest BCUT2D eigenvalue weighted by Gasteiger charge is -1.96. The summed E-state index contributed by atoms with van der Waals surface area (Å²) in [7, 11) is 0. The molecule has 0 saturated carbocycles. The molecule has 2 rings (SSSR count). The van der Waals surface area contributed by atoms with E-state index in [-0.39, 0.29) is 11.5 Å². The van der Waals surface area contributed by atoms with Crippen LogP contribution in [-0.2, 0) is 0 Å². The van der Waals surface area contributed by atoms with Crippen LogP contribution in [0.5, 0.6) is 0 Å². The van der Waals surface area contributed by atoms with E-state index in [9.17, 15) is 19.7 Å². The Bertz CT molecular complexity index is 760. The zero-order chi connectivity index (χ0) is 14.5. The lowest BCUT2D eigenvalue weighted by Crippen LogP contribution is -2.25. The summed E-state index contributed by atoms with van der Waals surface area (Å²) in [6.45, 7) is 0. The molecule has 0 saturated heterocycles. The summed E-state index contributed by atoms with van der Waals surface area (Å²) >= 11 is 0. The number of nitro benzene ring substituents is 1. The van der Waals surface area contributed by atoms with Gasteiger partial charge in [-0.1, -0.05) is 0 Å². The van der Waals surface area contributed by atoms with Crippen LogP contribution in [-0.4, -0.2) is 26.3 Å². The molecule has 10 heteroatoms. The number of aromatic amines is 2. The molecule has 20 heavy (non-hydrogen) atoms. The Balaban J connectivity index is 2.08. The van der Waals surface area contributed by atoms with Gasteiger partial charge in [0.15, 0.2) is 0 Å². The van der Waals surface area contributed by atoms with Crippen molar-refractivity contribution >= 4 is 17.7 Å². The molecule has 2 aromatic rings. The summed E-state index contributed by atoms with van der Waals surface area (Å²) in [5.41, 5.74) is 1.45. The standard InChI is InChI=1S/C10H8N6O4/c17-9-8(14-15-10(18)12-9)13-11-5-6-1-3-7(4-2-6)16(19)20/h1-5H,(H,13,14)(H2,12,15,17,18)/b11-5-. The molecule has 0 spiro atoms. The van der Waals surface area contributed by atoms with Gasteiger partial charge in [-0.3, -0.25) is 25.3 Å². The maximum atomic E-state index is 11.3. The highest BCUT2D eigenvalue weighted by atomic mass is 16.6. The normalized spacial score (nSPS) is 10.6. The molecule has 0 atom stereocenters. The number of aromatic nitrogens is 3. The van der Waals surface area contributed by atoms with Crippen LogP contribution in [0.1, 0.15) is 5.56 Å². The van der Waals surface area contributed by atoms with Gasteiger partial charge in [-0.15, -0.1) is 5.10 Å². The Kier molecular flexibility index (Phi) is 3.65. The van der Waals surface area contributed by atoms with E-state index in [1.165, 1.54) is 30.5 Å². The molecule has 0 aliphatic carbocycles. The number of hydrogen-bond acceptors (Lipinski definition) is 7. The summed E-state index contributed by atoms with van der Waals surface area (Å²) in [4.78, 5) is 33.9. The van der Waals surface area contributed by atoms with Crippen molar-refractivity contribution in [1.29, 1.82) is 0 Å². The van der Waals surface area contributed by atoms with Crippen molar-refractivity contribution in [1.82, 2.24) is 15.2 Å². The average Bonchev–Trinajstić information content (AvgIpc) is 2.42. The molecule has 0 aliphatic rings. The van der Waals surface area contributed by atoms with Crippen LogP contribution >= 0.6 is 0 Å². The summed E-state index contributed by atoms with van der Waals surface area (Å²) in [6, 6.07) is 5.64. The van der Waals surface area contributed by atoms with Crippen LogP contribution < -0.4 is 16.7 Å². The molecule has 0 unspecified atom stereocenters. The summed E-state index contributed by atoms with van der Waals surface area (Å²) in [5, 5.41) is 19.7. The SMILES string of the molecule is O=c1[nH]nc(N/N=C\c2ccc([N+](=O)[O-])cc2)c(=O)[nH]1. The molecule has 1 aromatic heterocycles. The second-order valence-electron chi connectivity index (χ2n) is 3.57. The number of anilines is 1. The van der Waals surface area contributed by atoms with Crippen LogP contribution in [0.2, 0.25) is 0 Å². The molecule has 0 amide bonds. The van der Waals surface area contributed by atoms with Gasteiger partial charge >= 0.3 is 5.69 Å². The minimum atomic E-state index is -0.722. The Hall–Kier alpha value is -3.30. The Labute approximate surface area is 110 Å². The van der Waals surface area contributed by atoms with Crippen LogP contribution in [0.3, 0.4) is 0 Å². The molecule has 0 fully saturated rings. The van der Waals surface area contributed by atoms with Gasteiger partial charge in [0, 0.05) is 12.1 Å². The van der Waals surface area contributed by atoms with Crippen molar-refractivity contribution in [2.45, 2.75) is 0 Å². The van der Waals surface area contributed by atoms with Crippen molar-refractivity contribution in [2.24, 2.45) is 5.10 Å². The highest BCUT2D eigenvalue weighted by Gasteiger charge is 2.03. The zero-order valence-electron chi connectivity index (χ0n) is 9.86. The topological polar surface area (TPSA) is 146 Å². The predicted molar refractivity (Wildman–Crippen MR) is 69.8 cm³/mol. The number of rotatable bonds is 4. The largest absolute Gasteiger partial charge is 0.342 e. The van der Waals surface area contributed by atoms with E-state index in [0.717, 1.165) is 0 Å². The van der Waals surface area contributed by atoms with Gasteiger partial charge in [-0.05, 0) is 17.7 Å². The van der Waals surface area contributed by atoms with E-state index in [1.807, 2.05) is 10.1 Å². The van der Waals surface area contributed by atoms with Gasteiger partial charge in [-0.2, -0.15) is 5.10 Å². The number of hydrazone groups is 1. The highest BCUT2D eigenvalue weighted by molar-refractivity contribution is 5.80. The van der Waals surface area contributed by atoms with Gasteiger partial charge < -0.3 is 0 Å². The first-order chi connectivity index (χ1) is 9.56. The monoisotopic (exact) mass is 276 g/mol. The lowest BCUT2D eigenvalue weighted by molar-refractivity contribution is -0.384. The zero-order valence-corrected chi connectivity index (χ0v) is 9.86. The van der Waals surface area contributed by atoms with E-state index in [1.54, 1.807) is 0 Å². The van der Waals surface area contributed by atoms with Gasteiger partial charge in [-0.25, -0.2) is 9.89 Å². The predicted octanol–water partition coefficient (Wildman–Crippen LogP) is -0.188. The third kappa shape index (κ3) is 3.13. The highest BCUT2D eigenvalue weighted by Crippen LogP contribution is 2.10. The molecule has 1 aromatic carbocycles. The van der Waals surface area contributed by atoms with Crippen LogP contribution in [0.25, 0.3) is 0 Å². The first-order valence-electron chi connectivity index (χ1n) is 5.29. The summed E-state index contributed by atoms with van der Waals surface area (Å²) < 4.78 is 0. The molecule has 1 heterocycles. The fraction of sp³-hybridized carbons (Fsp3) is 0. The smallest absolute Gasteiger partial charge is 0.270 e. The average molecular weight is 276 g/mol. The number of hydrogen-bond donors (Lipinski definition) is 3. The molecule has 0 aliphatic heterocycles. The first-order valence-corrected chi connectivity index (χ1v) is 5.29. The Morgan fingerprint density at radius 1 is 1.30 bits per heavy atom. The fourth-order valence-electron chi connectivity index (χ4n) is 1.27. The van der Waals surface area contributed by atoms with E-state index < -0.39 is 16.2 Å². The van der Waals surface area contributed by atoms with E-state index in [4.69, 9.17) is 0 Å². The van der Waals surface area contributed by atoms with Crippen molar-refractivity contribution in [2.75, 3.05) is 5.43 Å². The number of non-ortho nitro benzene ring substituents is 1. The van der Waals surface area contributed by atoms with Crippen LogP contribution in [0.4, 0.5) is 11.5 Å². The second kappa shape index (κ2) is 5.56. The quantitative estimate of drug-likeness (QED) is 0.400. The van der Waals surface area contributed by atoms with Crippen molar-refractivity contribution in [3.63, 3.8) is 0 Å². The summed E-state index contributed by atoms with van der Waals surface area (Å²) in [5.74, 6) is -0.178. The Morgan fingerprint density at radius 3 is 2.60 bits per heavy atom. The minimum absolute atomic E-state index is 0.0335. The Morgan fingerprint density at radius 2 is 2.00 bits per heavy atom. The molecule has 10 nitrogen and oxygen atoms in total. The first kappa shape index (κ1) is 13.1. The van der Waals surface area contributed by atoms with Crippen LogP contribution in [0, 0.1) is 10.1 Å². The number of benzene rings is 1. The molecule has 0 bridgehead atoms. The van der Waals surface area contributed by atoms with Gasteiger partial charge in [0.1, 0.15) is 0 Å². The number of nitrogens with one attached hydrogen (secondary N) is 3. The van der Waals surface area contributed by atoms with E-state index in [0.29, 0.717) is 5.56 Å². The third-order valence-electron chi connectivity index (χ3n) is 2.20. The molecular weight excluding hydrogens is 268 g/mol. The number of nitro groups is 1. The van der Waals surface area contributed by atoms with E-state index in [2.05, 4.69) is 15.6 Å². The molecule has 102 valence electrons. The number of H-pyrrole nitrogens is 2. The second-order valence-corrected chi connectivity index (χ2v) is 3.57. The molecule has 0 radical (unpaired) electrons. The van der Waals surface area contributed by atoms with E-state index >= 15 is 0 Å².